The number of hydrogen-bond donors (Lipinski definition) is 2. The second-order valence-electron chi connectivity index (χ2n) is 9.19. The fourth-order valence-electron chi connectivity index (χ4n) is 4.60. The Kier molecular flexibility index (Phi) is 10.3. The van der Waals surface area contributed by atoms with Crippen molar-refractivity contribution in [3.63, 3.8) is 0 Å². The van der Waals surface area contributed by atoms with E-state index in [1.54, 1.807) is 0 Å². The van der Waals surface area contributed by atoms with Gasteiger partial charge in [-0.1, -0.05) is 45.4 Å². The third kappa shape index (κ3) is 7.80. The largest absolute Gasteiger partial charge is 0.376 e. The summed E-state index contributed by atoms with van der Waals surface area (Å²) >= 11 is 0. The first-order valence-electron chi connectivity index (χ1n) is 12.8. The van der Waals surface area contributed by atoms with Gasteiger partial charge in [-0.15, -0.1) is 0 Å². The molecule has 1 aromatic rings. The van der Waals surface area contributed by atoms with Gasteiger partial charge in [-0.2, -0.15) is 0 Å². The van der Waals surface area contributed by atoms with Gasteiger partial charge < -0.3 is 20.3 Å². The molecular formula is C26H41N3O3. The number of nitrogens with zero attached hydrogens (tertiary/aromatic N) is 1. The number of carbonyl (C=O) groups is 2. The number of anilines is 2. The smallest absolute Gasteiger partial charge is 0.253 e. The maximum atomic E-state index is 13.0. The zero-order valence-electron chi connectivity index (χ0n) is 19.8. The van der Waals surface area contributed by atoms with Gasteiger partial charge in [0.15, 0.2) is 0 Å². The summed E-state index contributed by atoms with van der Waals surface area (Å²) < 4.78 is 5.64. The van der Waals surface area contributed by atoms with Crippen LogP contribution in [-0.4, -0.2) is 44.2 Å². The van der Waals surface area contributed by atoms with E-state index >= 15 is 0 Å². The van der Waals surface area contributed by atoms with E-state index in [1.165, 1.54) is 32.1 Å². The second kappa shape index (κ2) is 13.5. The quantitative estimate of drug-likeness (QED) is 0.407. The first-order valence-corrected chi connectivity index (χ1v) is 12.8. The standard InChI is InChI=1S/C26H41N3O3/c1-2-3-4-5-6-7-8-13-25(30)28-21-14-15-24(29-16-9-10-17-29)23(19-21)26(31)27-20-22-12-11-18-32-22/h14-15,19,22H,2-13,16-18,20H2,1H3,(H,27,31)(H,28,30). The molecule has 1 atom stereocenters. The summed E-state index contributed by atoms with van der Waals surface area (Å²) in [6, 6.07) is 5.74. The highest BCUT2D eigenvalue weighted by Crippen LogP contribution is 2.28. The summed E-state index contributed by atoms with van der Waals surface area (Å²) in [7, 11) is 0. The molecule has 178 valence electrons. The van der Waals surface area contributed by atoms with Crippen molar-refractivity contribution in [2.45, 2.75) is 90.1 Å². The molecule has 2 saturated heterocycles. The lowest BCUT2D eigenvalue weighted by Gasteiger charge is -2.22. The zero-order chi connectivity index (χ0) is 22.6. The minimum absolute atomic E-state index is 0.0261. The van der Waals surface area contributed by atoms with E-state index in [4.69, 9.17) is 4.74 Å². The van der Waals surface area contributed by atoms with Crippen LogP contribution in [-0.2, 0) is 9.53 Å². The van der Waals surface area contributed by atoms with Crippen LogP contribution in [0.1, 0.15) is 94.3 Å². The number of amides is 2. The summed E-state index contributed by atoms with van der Waals surface area (Å²) in [5.74, 6) is -0.0660. The minimum Gasteiger partial charge on any atom is -0.376 e. The molecule has 6 heteroatoms. The van der Waals surface area contributed by atoms with Crippen LogP contribution in [0.4, 0.5) is 11.4 Å². The van der Waals surface area contributed by atoms with Crippen LogP contribution in [0.15, 0.2) is 18.2 Å². The third-order valence-corrected chi connectivity index (χ3v) is 6.49. The van der Waals surface area contributed by atoms with E-state index in [2.05, 4.69) is 22.5 Å². The van der Waals surface area contributed by atoms with Crippen molar-refractivity contribution >= 4 is 23.2 Å². The summed E-state index contributed by atoms with van der Waals surface area (Å²) in [5, 5.41) is 6.05. The summed E-state index contributed by atoms with van der Waals surface area (Å²) in [5.41, 5.74) is 2.29. The van der Waals surface area contributed by atoms with Gasteiger partial charge in [-0.25, -0.2) is 0 Å². The Morgan fingerprint density at radius 3 is 2.50 bits per heavy atom. The predicted octanol–water partition coefficient (Wildman–Crippen LogP) is 5.27. The fraction of sp³-hybridized carbons (Fsp3) is 0.692. The van der Waals surface area contributed by atoms with Crippen molar-refractivity contribution in [1.29, 1.82) is 0 Å². The number of hydrogen-bond acceptors (Lipinski definition) is 4. The molecule has 2 N–H and O–H groups in total. The van der Waals surface area contributed by atoms with Crippen molar-refractivity contribution in [1.82, 2.24) is 5.32 Å². The fourth-order valence-corrected chi connectivity index (χ4v) is 4.60. The van der Waals surface area contributed by atoms with E-state index < -0.39 is 0 Å². The van der Waals surface area contributed by atoms with Gasteiger partial charge in [0.25, 0.3) is 5.91 Å². The Morgan fingerprint density at radius 2 is 1.78 bits per heavy atom. The van der Waals surface area contributed by atoms with Crippen LogP contribution in [0, 0.1) is 0 Å². The molecular weight excluding hydrogens is 402 g/mol. The van der Waals surface area contributed by atoms with E-state index in [9.17, 15) is 9.59 Å². The van der Waals surface area contributed by atoms with E-state index in [-0.39, 0.29) is 17.9 Å². The van der Waals surface area contributed by atoms with Gasteiger partial charge in [-0.3, -0.25) is 9.59 Å². The van der Waals surface area contributed by atoms with Gasteiger partial charge in [0, 0.05) is 44.0 Å². The number of carbonyl (C=O) groups excluding carboxylic acids is 2. The number of ether oxygens (including phenoxy) is 1. The number of benzene rings is 1. The third-order valence-electron chi connectivity index (χ3n) is 6.49. The highest BCUT2D eigenvalue weighted by Gasteiger charge is 2.22. The molecule has 6 nitrogen and oxygen atoms in total. The zero-order valence-corrected chi connectivity index (χ0v) is 19.8. The minimum atomic E-state index is -0.0921. The maximum Gasteiger partial charge on any atom is 0.253 e. The van der Waals surface area contributed by atoms with Gasteiger partial charge in [0.05, 0.1) is 11.7 Å². The van der Waals surface area contributed by atoms with Crippen LogP contribution in [0.3, 0.4) is 0 Å². The Morgan fingerprint density at radius 1 is 1.03 bits per heavy atom. The summed E-state index contributed by atoms with van der Waals surface area (Å²) in [4.78, 5) is 27.7. The van der Waals surface area contributed by atoms with Gasteiger partial charge in [0.1, 0.15) is 0 Å². The van der Waals surface area contributed by atoms with Crippen LogP contribution in [0.25, 0.3) is 0 Å². The Balaban J connectivity index is 1.54. The lowest BCUT2D eigenvalue weighted by atomic mass is 10.1. The van der Waals surface area contributed by atoms with E-state index in [1.807, 2.05) is 18.2 Å². The van der Waals surface area contributed by atoms with Crippen LogP contribution in [0.5, 0.6) is 0 Å². The number of rotatable bonds is 13. The molecule has 0 aromatic heterocycles. The molecule has 0 spiro atoms. The SMILES string of the molecule is CCCCCCCCCC(=O)Nc1ccc(N2CCCC2)c(C(=O)NCC2CCCO2)c1. The summed E-state index contributed by atoms with van der Waals surface area (Å²) in [6.45, 7) is 5.47. The molecule has 0 radical (unpaired) electrons. The molecule has 2 aliphatic rings. The first kappa shape index (κ1) is 24.6. The van der Waals surface area contributed by atoms with Crippen LogP contribution >= 0.6 is 0 Å². The molecule has 0 bridgehead atoms. The van der Waals surface area contributed by atoms with E-state index in [0.29, 0.717) is 24.2 Å². The number of unbranched alkanes of at least 4 members (excludes halogenated alkanes) is 6. The molecule has 0 aliphatic carbocycles. The van der Waals surface area contributed by atoms with Crippen molar-refractivity contribution in [3.05, 3.63) is 23.8 Å². The van der Waals surface area contributed by atoms with Crippen LogP contribution < -0.4 is 15.5 Å². The summed E-state index contributed by atoms with van der Waals surface area (Å²) in [6.07, 6.45) is 13.3. The molecule has 2 heterocycles. The van der Waals surface area contributed by atoms with Gasteiger partial charge in [0.2, 0.25) is 5.91 Å². The molecule has 2 aliphatic heterocycles. The van der Waals surface area contributed by atoms with Crippen molar-refractivity contribution in [2.75, 3.05) is 36.5 Å². The average molecular weight is 444 g/mol. The molecule has 32 heavy (non-hydrogen) atoms. The molecule has 1 unspecified atom stereocenters. The van der Waals surface area contributed by atoms with Gasteiger partial charge in [-0.05, 0) is 50.3 Å². The normalized spacial score (nSPS) is 18.2. The van der Waals surface area contributed by atoms with E-state index in [0.717, 1.165) is 63.9 Å². The molecule has 0 saturated carbocycles. The lowest BCUT2D eigenvalue weighted by Crippen LogP contribution is -2.33. The van der Waals surface area contributed by atoms with Crippen molar-refractivity contribution in [3.8, 4) is 0 Å². The Labute approximate surface area is 193 Å². The maximum absolute atomic E-state index is 13.0. The van der Waals surface area contributed by atoms with Crippen LogP contribution in [0.2, 0.25) is 0 Å². The lowest BCUT2D eigenvalue weighted by molar-refractivity contribution is -0.116. The highest BCUT2D eigenvalue weighted by atomic mass is 16.5. The average Bonchev–Trinajstić information content (AvgIpc) is 3.51. The molecule has 1 aromatic carbocycles. The number of nitrogens with one attached hydrogen (secondary N) is 2. The second-order valence-corrected chi connectivity index (χ2v) is 9.19. The predicted molar refractivity (Wildman–Crippen MR) is 130 cm³/mol. The molecule has 3 rings (SSSR count). The highest BCUT2D eigenvalue weighted by molar-refractivity contribution is 6.02. The topological polar surface area (TPSA) is 70.7 Å². The van der Waals surface area contributed by atoms with Gasteiger partial charge >= 0.3 is 0 Å². The van der Waals surface area contributed by atoms with Crippen molar-refractivity contribution in [2.24, 2.45) is 0 Å². The monoisotopic (exact) mass is 443 g/mol. The Hall–Kier alpha value is -2.08. The first-order chi connectivity index (χ1) is 15.7. The van der Waals surface area contributed by atoms with Crippen molar-refractivity contribution < 1.29 is 14.3 Å². The molecule has 2 fully saturated rings. The molecule has 2 amide bonds. The Bertz CT molecular complexity index is 725.